The molecule has 0 saturated carbocycles. The molecule has 1 aliphatic heterocycles. The first kappa shape index (κ1) is 11.9. The Labute approximate surface area is 101 Å². The van der Waals surface area contributed by atoms with Gasteiger partial charge in [-0.3, -0.25) is 4.79 Å². The zero-order chi connectivity index (χ0) is 12.3. The van der Waals surface area contributed by atoms with Gasteiger partial charge >= 0.3 is 5.97 Å². The fourth-order valence-corrected chi connectivity index (χ4v) is 1.95. The van der Waals surface area contributed by atoms with E-state index in [-0.39, 0.29) is 6.42 Å². The zero-order valence-corrected chi connectivity index (χ0v) is 9.96. The third kappa shape index (κ3) is 3.17. The van der Waals surface area contributed by atoms with Crippen molar-refractivity contribution in [3.8, 4) is 0 Å². The lowest BCUT2D eigenvalue weighted by molar-refractivity contribution is -0.136. The Bertz CT molecular complexity index is 400. The number of piperazine rings is 1. The van der Waals surface area contributed by atoms with E-state index >= 15 is 0 Å². The van der Waals surface area contributed by atoms with Crippen LogP contribution in [0, 0.1) is 0 Å². The maximum atomic E-state index is 10.7. The quantitative estimate of drug-likeness (QED) is 0.825. The molecule has 0 atom stereocenters. The fraction of sp³-hybridized carbons (Fsp3) is 0.500. The minimum absolute atomic E-state index is 0.0588. The molecule has 0 bridgehead atoms. The minimum Gasteiger partial charge on any atom is -0.481 e. The Morgan fingerprint density at radius 1 is 1.41 bits per heavy atom. The smallest absolute Gasteiger partial charge is 0.307 e. The maximum absolute atomic E-state index is 10.7. The highest BCUT2D eigenvalue weighted by atomic mass is 16.4. The van der Waals surface area contributed by atoms with E-state index in [9.17, 15) is 4.79 Å². The zero-order valence-electron chi connectivity index (χ0n) is 9.96. The summed E-state index contributed by atoms with van der Waals surface area (Å²) in [6.45, 7) is 3.93. The lowest BCUT2D eigenvalue weighted by Crippen LogP contribution is -2.44. The topological polar surface area (TPSA) is 56.7 Å². The van der Waals surface area contributed by atoms with E-state index in [0.29, 0.717) is 0 Å². The number of rotatable bonds is 3. The summed E-state index contributed by atoms with van der Waals surface area (Å²) >= 11 is 0. The molecule has 5 heteroatoms. The lowest BCUT2D eigenvalue weighted by atomic mass is 10.2. The highest BCUT2D eigenvalue weighted by molar-refractivity contribution is 5.70. The van der Waals surface area contributed by atoms with Crippen LogP contribution in [-0.2, 0) is 11.2 Å². The van der Waals surface area contributed by atoms with E-state index in [1.54, 1.807) is 12.3 Å². The molecule has 1 N–H and O–H groups in total. The van der Waals surface area contributed by atoms with E-state index in [4.69, 9.17) is 5.11 Å². The molecule has 0 aliphatic carbocycles. The summed E-state index contributed by atoms with van der Waals surface area (Å²) in [4.78, 5) is 19.4. The van der Waals surface area contributed by atoms with Crippen LogP contribution in [0.25, 0.3) is 0 Å². The summed E-state index contributed by atoms with van der Waals surface area (Å²) in [6, 6.07) is 3.63. The molecule has 1 aliphatic rings. The van der Waals surface area contributed by atoms with Gasteiger partial charge in [-0.1, -0.05) is 0 Å². The standard InChI is InChI=1S/C12H17N3O2/c1-14-4-6-15(7-5-14)11-8-10(2-3-13-11)9-12(16)17/h2-3,8H,4-7,9H2,1H3,(H,16,17). The number of aromatic nitrogens is 1. The van der Waals surface area contributed by atoms with Crippen molar-refractivity contribution in [3.63, 3.8) is 0 Å². The molecular formula is C12H17N3O2. The van der Waals surface area contributed by atoms with Crippen molar-refractivity contribution in [2.75, 3.05) is 38.1 Å². The maximum Gasteiger partial charge on any atom is 0.307 e. The van der Waals surface area contributed by atoms with Crippen molar-refractivity contribution in [1.29, 1.82) is 0 Å². The molecular weight excluding hydrogens is 218 g/mol. The molecule has 1 saturated heterocycles. The predicted molar refractivity (Wildman–Crippen MR) is 65.3 cm³/mol. The number of anilines is 1. The second-order valence-electron chi connectivity index (χ2n) is 4.38. The Morgan fingerprint density at radius 3 is 2.76 bits per heavy atom. The molecule has 0 spiro atoms. The van der Waals surface area contributed by atoms with Crippen molar-refractivity contribution >= 4 is 11.8 Å². The van der Waals surface area contributed by atoms with Gasteiger partial charge in [0.05, 0.1) is 6.42 Å². The van der Waals surface area contributed by atoms with E-state index in [1.165, 1.54) is 0 Å². The Morgan fingerprint density at radius 2 is 2.12 bits per heavy atom. The number of carboxylic acid groups (broad SMARTS) is 1. The van der Waals surface area contributed by atoms with E-state index in [2.05, 4.69) is 21.8 Å². The van der Waals surface area contributed by atoms with E-state index in [0.717, 1.165) is 37.6 Å². The summed E-state index contributed by atoms with van der Waals surface area (Å²) in [5.41, 5.74) is 0.807. The Hall–Kier alpha value is -1.62. The Balaban J connectivity index is 2.07. The summed E-state index contributed by atoms with van der Waals surface area (Å²) in [6.07, 6.45) is 1.75. The van der Waals surface area contributed by atoms with Gasteiger partial charge in [-0.15, -0.1) is 0 Å². The van der Waals surface area contributed by atoms with Crippen LogP contribution in [0.15, 0.2) is 18.3 Å². The average Bonchev–Trinajstić information content (AvgIpc) is 2.29. The van der Waals surface area contributed by atoms with Crippen LogP contribution < -0.4 is 4.90 Å². The molecule has 0 unspecified atom stereocenters. The molecule has 0 amide bonds. The molecule has 2 heterocycles. The molecule has 1 aromatic heterocycles. The number of carbonyl (C=O) groups is 1. The number of likely N-dealkylation sites (N-methyl/N-ethyl adjacent to an activating group) is 1. The summed E-state index contributed by atoms with van der Waals surface area (Å²) in [7, 11) is 2.10. The van der Waals surface area contributed by atoms with Crippen molar-refractivity contribution in [2.45, 2.75) is 6.42 Å². The molecule has 0 radical (unpaired) electrons. The van der Waals surface area contributed by atoms with Gasteiger partial charge < -0.3 is 14.9 Å². The van der Waals surface area contributed by atoms with Gasteiger partial charge in [0.15, 0.2) is 0 Å². The number of carboxylic acids is 1. The van der Waals surface area contributed by atoms with Gasteiger partial charge in [-0.25, -0.2) is 4.98 Å². The summed E-state index contributed by atoms with van der Waals surface area (Å²) in [5, 5.41) is 8.76. The SMILES string of the molecule is CN1CCN(c2cc(CC(=O)O)ccn2)CC1. The largest absolute Gasteiger partial charge is 0.481 e. The van der Waals surface area contributed by atoms with Gasteiger partial charge in [-0.2, -0.15) is 0 Å². The van der Waals surface area contributed by atoms with Crippen molar-refractivity contribution in [1.82, 2.24) is 9.88 Å². The van der Waals surface area contributed by atoms with Crippen LogP contribution >= 0.6 is 0 Å². The molecule has 1 fully saturated rings. The van der Waals surface area contributed by atoms with Crippen molar-refractivity contribution < 1.29 is 9.90 Å². The molecule has 2 rings (SSSR count). The van der Waals surface area contributed by atoms with Gasteiger partial charge in [0.2, 0.25) is 0 Å². The van der Waals surface area contributed by atoms with Crippen molar-refractivity contribution in [3.05, 3.63) is 23.9 Å². The second kappa shape index (κ2) is 5.14. The molecule has 1 aromatic rings. The summed E-state index contributed by atoms with van der Waals surface area (Å²) < 4.78 is 0. The first-order valence-corrected chi connectivity index (χ1v) is 5.75. The van der Waals surface area contributed by atoms with Crippen LogP contribution in [0.4, 0.5) is 5.82 Å². The first-order valence-electron chi connectivity index (χ1n) is 5.75. The van der Waals surface area contributed by atoms with Crippen LogP contribution in [0.2, 0.25) is 0 Å². The van der Waals surface area contributed by atoms with Gasteiger partial charge in [-0.05, 0) is 24.7 Å². The third-order valence-corrected chi connectivity index (χ3v) is 2.99. The highest BCUT2D eigenvalue weighted by Crippen LogP contribution is 2.15. The minimum atomic E-state index is -0.805. The lowest BCUT2D eigenvalue weighted by Gasteiger charge is -2.33. The van der Waals surface area contributed by atoms with E-state index in [1.807, 2.05) is 6.07 Å². The van der Waals surface area contributed by atoms with Crippen LogP contribution in [-0.4, -0.2) is 54.2 Å². The second-order valence-corrected chi connectivity index (χ2v) is 4.38. The third-order valence-electron chi connectivity index (χ3n) is 2.99. The van der Waals surface area contributed by atoms with Crippen LogP contribution in [0.5, 0.6) is 0 Å². The van der Waals surface area contributed by atoms with Crippen molar-refractivity contribution in [2.24, 2.45) is 0 Å². The average molecular weight is 235 g/mol. The molecule has 17 heavy (non-hydrogen) atoms. The van der Waals surface area contributed by atoms with Crippen LogP contribution in [0.1, 0.15) is 5.56 Å². The monoisotopic (exact) mass is 235 g/mol. The van der Waals surface area contributed by atoms with Gasteiger partial charge in [0.25, 0.3) is 0 Å². The normalized spacial score (nSPS) is 17.1. The number of hydrogen-bond acceptors (Lipinski definition) is 4. The fourth-order valence-electron chi connectivity index (χ4n) is 1.95. The molecule has 5 nitrogen and oxygen atoms in total. The number of hydrogen-bond donors (Lipinski definition) is 1. The number of nitrogens with zero attached hydrogens (tertiary/aromatic N) is 3. The Kier molecular flexibility index (Phi) is 3.58. The molecule has 92 valence electrons. The van der Waals surface area contributed by atoms with Gasteiger partial charge in [0, 0.05) is 32.4 Å². The van der Waals surface area contributed by atoms with Crippen LogP contribution in [0.3, 0.4) is 0 Å². The van der Waals surface area contributed by atoms with E-state index < -0.39 is 5.97 Å². The summed E-state index contributed by atoms with van der Waals surface area (Å²) in [5.74, 6) is 0.0809. The predicted octanol–water partition coefficient (Wildman–Crippen LogP) is 0.460. The first-order chi connectivity index (χ1) is 8.15. The highest BCUT2D eigenvalue weighted by Gasteiger charge is 2.15. The number of pyridine rings is 1. The number of aliphatic carboxylic acids is 1. The molecule has 0 aromatic carbocycles. The van der Waals surface area contributed by atoms with Gasteiger partial charge in [0.1, 0.15) is 5.82 Å².